The lowest BCUT2D eigenvalue weighted by Gasteiger charge is -2.18. The highest BCUT2D eigenvalue weighted by molar-refractivity contribution is 7.07. The number of allylic oxidation sites excluding steroid dienone is 1. The Morgan fingerprint density at radius 1 is 1.00 bits per heavy atom. The van der Waals surface area contributed by atoms with Crippen LogP contribution in [-0.4, -0.2) is 12.5 Å². The van der Waals surface area contributed by atoms with Crippen molar-refractivity contribution in [3.8, 4) is 0 Å². The van der Waals surface area contributed by atoms with Gasteiger partial charge in [-0.2, -0.15) is 11.3 Å². The molecule has 1 saturated carbocycles. The van der Waals surface area contributed by atoms with E-state index in [4.69, 9.17) is 0 Å². The predicted octanol–water partition coefficient (Wildman–Crippen LogP) is 5.75. The largest absolute Gasteiger partial charge is 0.353 e. The fourth-order valence-electron chi connectivity index (χ4n) is 4.18. The first-order valence-electron chi connectivity index (χ1n) is 10.4. The highest BCUT2D eigenvalue weighted by atomic mass is 32.1. The molecule has 1 amide bonds. The minimum atomic E-state index is -0.000164. The Morgan fingerprint density at radius 3 is 2.31 bits per heavy atom. The fraction of sp³-hybridized carbons (Fsp3) is 0.269. The van der Waals surface area contributed by atoms with Crippen molar-refractivity contribution in [2.45, 2.75) is 31.1 Å². The van der Waals surface area contributed by atoms with E-state index >= 15 is 0 Å². The molecule has 2 aromatic carbocycles. The van der Waals surface area contributed by atoms with Crippen molar-refractivity contribution in [1.29, 1.82) is 0 Å². The average molecular weight is 402 g/mol. The van der Waals surface area contributed by atoms with Gasteiger partial charge in [-0.15, -0.1) is 0 Å². The molecule has 1 fully saturated rings. The van der Waals surface area contributed by atoms with Gasteiger partial charge in [0, 0.05) is 12.0 Å². The van der Waals surface area contributed by atoms with Gasteiger partial charge in [-0.25, -0.2) is 0 Å². The van der Waals surface area contributed by atoms with E-state index in [2.05, 4.69) is 88.9 Å². The van der Waals surface area contributed by atoms with Crippen LogP contribution in [0.1, 0.15) is 36.0 Å². The molecule has 1 aromatic heterocycles. The van der Waals surface area contributed by atoms with Crippen LogP contribution in [0.15, 0.2) is 89.6 Å². The zero-order valence-electron chi connectivity index (χ0n) is 16.6. The summed E-state index contributed by atoms with van der Waals surface area (Å²) in [5.74, 6) is 0.374. The molecule has 1 atom stereocenters. The molecule has 0 aliphatic heterocycles. The smallest absolute Gasteiger partial charge is 0.243 e. The first-order valence-corrected chi connectivity index (χ1v) is 11.3. The van der Waals surface area contributed by atoms with Gasteiger partial charge < -0.3 is 5.32 Å². The van der Waals surface area contributed by atoms with Gasteiger partial charge in [0.05, 0.1) is 0 Å². The number of amides is 1. The summed E-state index contributed by atoms with van der Waals surface area (Å²) < 4.78 is 0. The summed E-state index contributed by atoms with van der Waals surface area (Å²) in [5, 5.41) is 7.34. The Hall–Kier alpha value is -2.65. The second-order valence-corrected chi connectivity index (χ2v) is 8.53. The highest BCUT2D eigenvalue weighted by Crippen LogP contribution is 2.59. The number of thiophene rings is 1. The number of rotatable bonds is 9. The quantitative estimate of drug-likeness (QED) is 0.359. The van der Waals surface area contributed by atoms with Gasteiger partial charge in [-0.3, -0.25) is 4.79 Å². The molecule has 0 radical (unpaired) electrons. The van der Waals surface area contributed by atoms with Crippen LogP contribution in [0.2, 0.25) is 0 Å². The lowest BCUT2D eigenvalue weighted by atomic mass is 9.85. The van der Waals surface area contributed by atoms with Gasteiger partial charge in [-0.1, -0.05) is 66.7 Å². The van der Waals surface area contributed by atoms with Gasteiger partial charge in [0.15, 0.2) is 0 Å². The van der Waals surface area contributed by atoms with E-state index in [0.29, 0.717) is 5.92 Å². The molecule has 148 valence electrons. The van der Waals surface area contributed by atoms with Crippen LogP contribution in [0.25, 0.3) is 0 Å². The summed E-state index contributed by atoms with van der Waals surface area (Å²) in [4.78, 5) is 12.3. The number of hydrogen-bond donors (Lipinski definition) is 1. The Labute approximate surface area is 177 Å². The number of unbranched alkanes of at least 4 members (excludes halogenated alkanes) is 1. The van der Waals surface area contributed by atoms with Crippen molar-refractivity contribution < 1.29 is 4.79 Å². The van der Waals surface area contributed by atoms with Crippen LogP contribution in [0.5, 0.6) is 0 Å². The maximum absolute atomic E-state index is 12.3. The number of carbonyl (C=O) groups is 1. The Kier molecular flexibility index (Phi) is 6.26. The lowest BCUT2D eigenvalue weighted by Crippen LogP contribution is -2.22. The van der Waals surface area contributed by atoms with Crippen molar-refractivity contribution >= 4 is 17.2 Å². The van der Waals surface area contributed by atoms with E-state index in [1.54, 1.807) is 17.4 Å². The number of benzene rings is 2. The molecule has 1 N–H and O–H groups in total. The minimum Gasteiger partial charge on any atom is -0.353 e. The predicted molar refractivity (Wildman–Crippen MR) is 121 cm³/mol. The van der Waals surface area contributed by atoms with E-state index in [1.165, 1.54) is 16.7 Å². The van der Waals surface area contributed by atoms with Crippen molar-refractivity contribution in [3.05, 3.63) is 106 Å². The fourth-order valence-corrected chi connectivity index (χ4v) is 4.89. The highest BCUT2D eigenvalue weighted by Gasteiger charge is 2.54. The topological polar surface area (TPSA) is 29.1 Å². The second-order valence-electron chi connectivity index (χ2n) is 7.75. The SMILES string of the molecule is O=C(C=C[C@@H]1CC1(c1ccccc1)c1ccccc1)NCCCCc1ccsc1. The molecule has 0 unspecified atom stereocenters. The van der Waals surface area contributed by atoms with Crippen LogP contribution < -0.4 is 5.32 Å². The summed E-state index contributed by atoms with van der Waals surface area (Å²) in [6, 6.07) is 23.5. The zero-order valence-corrected chi connectivity index (χ0v) is 17.4. The number of hydrogen-bond acceptors (Lipinski definition) is 2. The van der Waals surface area contributed by atoms with Crippen molar-refractivity contribution in [1.82, 2.24) is 5.32 Å². The molecule has 3 aromatic rings. The van der Waals surface area contributed by atoms with Gasteiger partial charge in [0.2, 0.25) is 5.91 Å². The molecule has 0 saturated heterocycles. The van der Waals surface area contributed by atoms with Crippen molar-refractivity contribution in [3.63, 3.8) is 0 Å². The second kappa shape index (κ2) is 9.23. The third-order valence-corrected chi connectivity index (χ3v) is 6.58. The molecule has 29 heavy (non-hydrogen) atoms. The Morgan fingerprint density at radius 2 is 1.69 bits per heavy atom. The molecular weight excluding hydrogens is 374 g/mol. The monoisotopic (exact) mass is 401 g/mol. The summed E-state index contributed by atoms with van der Waals surface area (Å²) in [6.07, 6.45) is 8.09. The first-order chi connectivity index (χ1) is 14.3. The molecule has 0 spiro atoms. The summed E-state index contributed by atoms with van der Waals surface area (Å²) >= 11 is 1.74. The van der Waals surface area contributed by atoms with E-state index in [0.717, 1.165) is 32.2 Å². The maximum atomic E-state index is 12.3. The van der Waals surface area contributed by atoms with Crippen LogP contribution in [0.4, 0.5) is 0 Å². The Balaban J connectivity index is 1.31. The van der Waals surface area contributed by atoms with Gasteiger partial charge in [0.25, 0.3) is 0 Å². The van der Waals surface area contributed by atoms with E-state index in [1.807, 2.05) is 0 Å². The zero-order chi connectivity index (χ0) is 19.9. The molecule has 0 bridgehead atoms. The summed E-state index contributed by atoms with van der Waals surface area (Å²) in [7, 11) is 0. The van der Waals surface area contributed by atoms with Gasteiger partial charge in [0.1, 0.15) is 0 Å². The lowest BCUT2D eigenvalue weighted by molar-refractivity contribution is -0.116. The third-order valence-electron chi connectivity index (χ3n) is 5.84. The molecule has 1 aliphatic carbocycles. The molecular formula is C26H27NOS. The number of aryl methyl sites for hydroxylation is 1. The van der Waals surface area contributed by atoms with E-state index in [-0.39, 0.29) is 11.3 Å². The molecule has 1 aliphatic rings. The standard InChI is InChI=1S/C26H27NOS/c28-25(27-17-8-7-9-21-16-18-29-20-21)15-14-24-19-26(24,22-10-3-1-4-11-22)23-12-5-2-6-13-23/h1-6,10-16,18,20,24H,7-9,17,19H2,(H,27,28)/t24-/m1/s1. The van der Waals surface area contributed by atoms with Crippen molar-refractivity contribution in [2.75, 3.05) is 6.54 Å². The average Bonchev–Trinajstić information content (AvgIpc) is 3.28. The van der Waals surface area contributed by atoms with Crippen LogP contribution in [0.3, 0.4) is 0 Å². The Bertz CT molecular complexity index is 892. The normalized spacial score (nSPS) is 17.3. The number of carbonyl (C=O) groups excluding carboxylic acids is 1. The van der Waals surface area contributed by atoms with Crippen LogP contribution in [0, 0.1) is 5.92 Å². The molecule has 4 rings (SSSR count). The third kappa shape index (κ3) is 4.68. The summed E-state index contributed by atoms with van der Waals surface area (Å²) in [5.41, 5.74) is 4.05. The van der Waals surface area contributed by atoms with Crippen molar-refractivity contribution in [2.24, 2.45) is 5.92 Å². The van der Waals surface area contributed by atoms with Crippen LogP contribution >= 0.6 is 11.3 Å². The number of nitrogens with one attached hydrogen (secondary N) is 1. The summed E-state index contributed by atoms with van der Waals surface area (Å²) in [6.45, 7) is 0.737. The molecule has 2 nitrogen and oxygen atoms in total. The molecule has 1 heterocycles. The van der Waals surface area contributed by atoms with Gasteiger partial charge >= 0.3 is 0 Å². The maximum Gasteiger partial charge on any atom is 0.243 e. The first kappa shape index (κ1) is 19.7. The van der Waals surface area contributed by atoms with Crippen LogP contribution in [-0.2, 0) is 16.6 Å². The van der Waals surface area contributed by atoms with E-state index < -0.39 is 0 Å². The minimum absolute atomic E-state index is 0.000164. The van der Waals surface area contributed by atoms with Gasteiger partial charge in [-0.05, 0) is 71.2 Å². The molecule has 3 heteroatoms. The van der Waals surface area contributed by atoms with E-state index in [9.17, 15) is 4.79 Å².